The maximum absolute atomic E-state index is 2.34. The maximum Gasteiger partial charge on any atom is 0.0355 e. The Hall–Kier alpha value is -3.42. The molecule has 0 unspecified atom stereocenters. The van der Waals surface area contributed by atoms with Crippen molar-refractivity contribution >= 4 is 65.9 Å². The minimum Gasteiger partial charge on any atom is -0.136 e. The van der Waals surface area contributed by atoms with Crippen molar-refractivity contribution in [3.05, 3.63) is 107 Å². The van der Waals surface area contributed by atoms with Crippen molar-refractivity contribution in [2.24, 2.45) is 0 Å². The van der Waals surface area contributed by atoms with Crippen LogP contribution in [0.2, 0.25) is 0 Å². The second-order valence-electron chi connectivity index (χ2n) is 7.95. The Morgan fingerprint density at radius 2 is 1.37 bits per heavy atom. The van der Waals surface area contributed by atoms with E-state index in [0.717, 1.165) is 0 Å². The fraction of sp³-hybridized carbons (Fsp3) is 0.0345. The van der Waals surface area contributed by atoms with Crippen molar-refractivity contribution in [3.63, 3.8) is 0 Å². The van der Waals surface area contributed by atoms with Crippen molar-refractivity contribution in [1.82, 2.24) is 0 Å². The van der Waals surface area contributed by atoms with Gasteiger partial charge in [-0.3, -0.25) is 0 Å². The van der Waals surface area contributed by atoms with Crippen molar-refractivity contribution in [2.45, 2.75) is 6.92 Å². The molecule has 6 rings (SSSR count). The molecule has 0 aliphatic carbocycles. The van der Waals surface area contributed by atoms with Gasteiger partial charge in [0.1, 0.15) is 0 Å². The lowest BCUT2D eigenvalue weighted by Crippen LogP contribution is -1.80. The van der Waals surface area contributed by atoms with Crippen LogP contribution in [0.25, 0.3) is 54.6 Å². The Kier molecular flexibility index (Phi) is 3.97. The van der Waals surface area contributed by atoms with E-state index >= 15 is 0 Å². The zero-order valence-electron chi connectivity index (χ0n) is 16.7. The van der Waals surface area contributed by atoms with Crippen LogP contribution in [0.4, 0.5) is 0 Å². The van der Waals surface area contributed by atoms with Crippen molar-refractivity contribution < 1.29 is 0 Å². The molecule has 5 aromatic carbocycles. The van der Waals surface area contributed by atoms with E-state index in [1.54, 1.807) is 0 Å². The summed E-state index contributed by atoms with van der Waals surface area (Å²) in [7, 11) is 0. The lowest BCUT2D eigenvalue weighted by atomic mass is 9.97. The number of fused-ring (bicyclic) bond motifs is 6. The molecule has 0 amide bonds. The van der Waals surface area contributed by atoms with Crippen molar-refractivity contribution in [3.8, 4) is 0 Å². The summed E-state index contributed by atoms with van der Waals surface area (Å²) in [5.74, 6) is 0. The molecule has 0 radical (unpaired) electrons. The van der Waals surface area contributed by atoms with E-state index in [2.05, 4.69) is 110 Å². The summed E-state index contributed by atoms with van der Waals surface area (Å²) < 4.78 is 1.34. The monoisotopic (exact) mass is 400 g/mol. The van der Waals surface area contributed by atoms with E-state index in [-0.39, 0.29) is 0 Å². The van der Waals surface area contributed by atoms with E-state index in [0.29, 0.717) is 0 Å². The third-order valence-corrected chi connectivity index (χ3v) is 6.95. The molecule has 0 saturated heterocycles. The highest BCUT2D eigenvalue weighted by atomic mass is 32.1. The molecule has 0 saturated carbocycles. The minimum absolute atomic E-state index is 1.25. The summed E-state index contributed by atoms with van der Waals surface area (Å²) in [6.07, 6.45) is 4.45. The molecule has 0 aliphatic rings. The average molecular weight is 401 g/mol. The summed E-state index contributed by atoms with van der Waals surface area (Å²) >= 11 is 1.86. The van der Waals surface area contributed by atoms with E-state index in [1.165, 1.54) is 58.4 Å². The number of hydrogen-bond donors (Lipinski definition) is 0. The average Bonchev–Trinajstić information content (AvgIpc) is 3.20. The van der Waals surface area contributed by atoms with Gasteiger partial charge in [0.2, 0.25) is 0 Å². The lowest BCUT2D eigenvalue weighted by Gasteiger charge is -2.07. The van der Waals surface area contributed by atoms with Gasteiger partial charge in [-0.1, -0.05) is 78.4 Å². The summed E-state index contributed by atoms with van der Waals surface area (Å²) in [5.41, 5.74) is 2.54. The Labute approximate surface area is 179 Å². The van der Waals surface area contributed by atoms with Gasteiger partial charge in [0, 0.05) is 15.0 Å². The fourth-order valence-electron chi connectivity index (χ4n) is 4.40. The number of rotatable bonds is 2. The third kappa shape index (κ3) is 2.91. The molecule has 1 aromatic heterocycles. The molecule has 0 N–H and O–H groups in total. The SMILES string of the molecule is Cc1cccc(/C=C/c2cc3c(ccc4c5cc6ccccc6cc5ccc34)s2)c1. The molecule has 142 valence electrons. The minimum atomic E-state index is 1.25. The smallest absolute Gasteiger partial charge is 0.0355 e. The number of hydrogen-bond acceptors (Lipinski definition) is 1. The van der Waals surface area contributed by atoms with Gasteiger partial charge in [-0.25, -0.2) is 0 Å². The molecule has 0 spiro atoms. The number of thiophene rings is 1. The molecule has 0 atom stereocenters. The number of aryl methyl sites for hydroxylation is 1. The molecule has 1 heteroatoms. The van der Waals surface area contributed by atoms with Crippen LogP contribution in [0.1, 0.15) is 16.0 Å². The highest BCUT2D eigenvalue weighted by Crippen LogP contribution is 2.37. The third-order valence-electron chi connectivity index (χ3n) is 5.88. The zero-order valence-corrected chi connectivity index (χ0v) is 17.5. The fourth-order valence-corrected chi connectivity index (χ4v) is 5.39. The van der Waals surface area contributed by atoms with Crippen LogP contribution in [-0.2, 0) is 0 Å². The molecule has 0 nitrogen and oxygen atoms in total. The molecule has 1 heterocycles. The summed E-state index contributed by atoms with van der Waals surface area (Å²) in [6.45, 7) is 2.14. The van der Waals surface area contributed by atoms with Gasteiger partial charge in [-0.15, -0.1) is 11.3 Å². The molecule has 0 bridgehead atoms. The van der Waals surface area contributed by atoms with Gasteiger partial charge in [0.05, 0.1) is 0 Å². The first kappa shape index (κ1) is 17.4. The Morgan fingerprint density at radius 3 is 2.23 bits per heavy atom. The molecule has 0 aliphatic heterocycles. The normalized spacial score (nSPS) is 12.0. The lowest BCUT2D eigenvalue weighted by molar-refractivity contribution is 1.46. The first-order chi connectivity index (χ1) is 14.7. The first-order valence-electron chi connectivity index (χ1n) is 10.3. The second-order valence-corrected chi connectivity index (χ2v) is 9.07. The van der Waals surface area contributed by atoms with Crippen molar-refractivity contribution in [2.75, 3.05) is 0 Å². The highest BCUT2D eigenvalue weighted by Gasteiger charge is 2.08. The van der Waals surface area contributed by atoms with Crippen LogP contribution in [0, 0.1) is 6.92 Å². The van der Waals surface area contributed by atoms with Crippen LogP contribution in [0.15, 0.2) is 91.0 Å². The topological polar surface area (TPSA) is 0 Å². The Bertz CT molecular complexity index is 1600. The molecular formula is C29H20S. The molecular weight excluding hydrogens is 380 g/mol. The standard InChI is InChI=1S/C29H20S/c1-19-5-4-6-20(15-19)9-11-24-18-28-26-12-10-23-16-21-7-2-3-8-22(21)17-27(23)25(26)13-14-29(28)30-24/h2-18H,1H3/b11-9+. The van der Waals surface area contributed by atoms with Gasteiger partial charge >= 0.3 is 0 Å². The van der Waals surface area contributed by atoms with Crippen molar-refractivity contribution in [1.29, 1.82) is 0 Å². The summed E-state index contributed by atoms with van der Waals surface area (Å²) in [5, 5.41) is 9.23. The summed E-state index contributed by atoms with van der Waals surface area (Å²) in [6, 6.07) is 33.3. The maximum atomic E-state index is 2.34. The quantitative estimate of drug-likeness (QED) is 0.201. The molecule has 0 fully saturated rings. The largest absolute Gasteiger partial charge is 0.136 e. The van der Waals surface area contributed by atoms with E-state index in [1.807, 2.05) is 11.3 Å². The van der Waals surface area contributed by atoms with Crippen LogP contribution in [0.3, 0.4) is 0 Å². The van der Waals surface area contributed by atoms with Gasteiger partial charge in [-0.2, -0.15) is 0 Å². The van der Waals surface area contributed by atoms with Gasteiger partial charge in [0.25, 0.3) is 0 Å². The summed E-state index contributed by atoms with van der Waals surface area (Å²) in [4.78, 5) is 1.29. The molecule has 6 aromatic rings. The van der Waals surface area contributed by atoms with E-state index in [4.69, 9.17) is 0 Å². The predicted octanol–water partition coefficient (Wildman–Crippen LogP) is 8.84. The Morgan fingerprint density at radius 1 is 0.567 bits per heavy atom. The predicted molar refractivity (Wildman–Crippen MR) is 134 cm³/mol. The zero-order chi connectivity index (χ0) is 20.1. The number of benzene rings is 5. The van der Waals surface area contributed by atoms with Crippen LogP contribution < -0.4 is 0 Å². The van der Waals surface area contributed by atoms with Gasteiger partial charge in [0.15, 0.2) is 0 Å². The Balaban J connectivity index is 1.52. The highest BCUT2D eigenvalue weighted by molar-refractivity contribution is 7.20. The van der Waals surface area contributed by atoms with Crippen LogP contribution >= 0.6 is 11.3 Å². The van der Waals surface area contributed by atoms with Gasteiger partial charge < -0.3 is 0 Å². The first-order valence-corrected chi connectivity index (χ1v) is 11.1. The van der Waals surface area contributed by atoms with Gasteiger partial charge in [-0.05, 0) is 75.1 Å². The molecule has 30 heavy (non-hydrogen) atoms. The van der Waals surface area contributed by atoms with E-state index < -0.39 is 0 Å². The van der Waals surface area contributed by atoms with E-state index in [9.17, 15) is 0 Å². The van der Waals surface area contributed by atoms with Crippen LogP contribution in [0.5, 0.6) is 0 Å². The van der Waals surface area contributed by atoms with Crippen LogP contribution in [-0.4, -0.2) is 0 Å². The second kappa shape index (κ2) is 6.83.